The van der Waals surface area contributed by atoms with Crippen LogP contribution < -0.4 is 4.74 Å². The van der Waals surface area contributed by atoms with Crippen LogP contribution in [0.4, 0.5) is 4.79 Å². The van der Waals surface area contributed by atoms with E-state index in [0.717, 1.165) is 37.6 Å². The predicted octanol–water partition coefficient (Wildman–Crippen LogP) is 5.85. The van der Waals surface area contributed by atoms with Crippen LogP contribution in [0.5, 0.6) is 5.75 Å². The zero-order valence-corrected chi connectivity index (χ0v) is 17.9. The number of rotatable bonds is 5. The van der Waals surface area contributed by atoms with Crippen molar-refractivity contribution in [3.05, 3.63) is 67.4 Å². The fourth-order valence-electron chi connectivity index (χ4n) is 2.48. The summed E-state index contributed by atoms with van der Waals surface area (Å²) in [7, 11) is 0. The first kappa shape index (κ1) is 19.2. The van der Waals surface area contributed by atoms with Crippen molar-refractivity contribution in [2.75, 3.05) is 6.61 Å². The molecule has 0 bridgehead atoms. The Bertz CT molecular complexity index is 898. The Morgan fingerprint density at radius 2 is 1.96 bits per heavy atom. The summed E-state index contributed by atoms with van der Waals surface area (Å²) in [5.74, 6) is 0.470. The zero-order chi connectivity index (χ0) is 18.7. The first-order chi connectivity index (χ1) is 12.5. The standard InChI is InChI=1S/C19H15Br2NO3S/c1-2-25-16-7-6-12(9-15(16)21)10-17-18(23)22(19(24)26-17)11-13-4-3-5-14(20)8-13/h3-10H,2,11H2,1H3/b17-10-. The van der Waals surface area contributed by atoms with Gasteiger partial charge in [0.15, 0.2) is 0 Å². The fourth-order valence-corrected chi connectivity index (χ4v) is 4.28. The number of imide groups is 1. The van der Waals surface area contributed by atoms with E-state index in [1.165, 1.54) is 4.90 Å². The molecule has 1 saturated heterocycles. The SMILES string of the molecule is CCOc1ccc(/C=C2\SC(=O)N(Cc3cccc(Br)c3)C2=O)cc1Br. The molecule has 0 spiro atoms. The van der Waals surface area contributed by atoms with Crippen molar-refractivity contribution in [3.63, 3.8) is 0 Å². The number of carbonyl (C=O) groups excluding carboxylic acids is 2. The molecule has 0 atom stereocenters. The van der Waals surface area contributed by atoms with Gasteiger partial charge in [0.25, 0.3) is 11.1 Å². The Kier molecular flexibility index (Phi) is 6.21. The van der Waals surface area contributed by atoms with Gasteiger partial charge in [-0.3, -0.25) is 14.5 Å². The van der Waals surface area contributed by atoms with Crippen molar-refractivity contribution >= 4 is 60.8 Å². The summed E-state index contributed by atoms with van der Waals surface area (Å²) in [4.78, 5) is 26.6. The van der Waals surface area contributed by atoms with Crippen molar-refractivity contribution in [2.24, 2.45) is 0 Å². The van der Waals surface area contributed by atoms with Crippen LogP contribution in [0.2, 0.25) is 0 Å². The first-order valence-electron chi connectivity index (χ1n) is 7.90. The quantitative estimate of drug-likeness (QED) is 0.487. The van der Waals surface area contributed by atoms with Crippen LogP contribution in [0.15, 0.2) is 56.3 Å². The highest BCUT2D eigenvalue weighted by Gasteiger charge is 2.35. The summed E-state index contributed by atoms with van der Waals surface area (Å²) < 4.78 is 7.21. The van der Waals surface area contributed by atoms with Crippen molar-refractivity contribution in [1.29, 1.82) is 0 Å². The molecule has 1 fully saturated rings. The predicted molar refractivity (Wildman–Crippen MR) is 111 cm³/mol. The van der Waals surface area contributed by atoms with E-state index in [1.807, 2.05) is 49.4 Å². The molecule has 1 aliphatic heterocycles. The molecule has 0 N–H and O–H groups in total. The lowest BCUT2D eigenvalue weighted by atomic mass is 10.2. The van der Waals surface area contributed by atoms with E-state index in [0.29, 0.717) is 11.5 Å². The third-order valence-electron chi connectivity index (χ3n) is 3.66. The molecule has 0 aliphatic carbocycles. The maximum absolute atomic E-state index is 12.6. The van der Waals surface area contributed by atoms with Crippen molar-refractivity contribution < 1.29 is 14.3 Å². The number of hydrogen-bond acceptors (Lipinski definition) is 4. The van der Waals surface area contributed by atoms with Crippen LogP contribution in [-0.4, -0.2) is 22.7 Å². The molecule has 2 aromatic carbocycles. The Labute approximate surface area is 172 Å². The van der Waals surface area contributed by atoms with Gasteiger partial charge in [-0.2, -0.15) is 0 Å². The molecule has 134 valence electrons. The van der Waals surface area contributed by atoms with Crippen LogP contribution >= 0.6 is 43.6 Å². The van der Waals surface area contributed by atoms with Crippen LogP contribution in [-0.2, 0) is 11.3 Å². The third kappa shape index (κ3) is 4.39. The lowest BCUT2D eigenvalue weighted by Crippen LogP contribution is -2.27. The molecule has 2 amide bonds. The molecule has 2 aromatic rings. The zero-order valence-electron chi connectivity index (χ0n) is 13.9. The highest BCUT2D eigenvalue weighted by molar-refractivity contribution is 9.10. The molecule has 7 heteroatoms. The maximum Gasteiger partial charge on any atom is 0.293 e. The highest BCUT2D eigenvalue weighted by Crippen LogP contribution is 2.34. The second-order valence-electron chi connectivity index (χ2n) is 5.52. The second-order valence-corrected chi connectivity index (χ2v) is 8.28. The van der Waals surface area contributed by atoms with Gasteiger partial charge in [-0.25, -0.2) is 0 Å². The highest BCUT2D eigenvalue weighted by atomic mass is 79.9. The molecule has 4 nitrogen and oxygen atoms in total. The molecule has 26 heavy (non-hydrogen) atoms. The lowest BCUT2D eigenvalue weighted by Gasteiger charge is -2.12. The summed E-state index contributed by atoms with van der Waals surface area (Å²) in [6.45, 7) is 2.75. The Hall–Kier alpha value is -1.57. The van der Waals surface area contributed by atoms with Crippen molar-refractivity contribution in [1.82, 2.24) is 4.90 Å². The van der Waals surface area contributed by atoms with E-state index in [4.69, 9.17) is 4.74 Å². The third-order valence-corrected chi connectivity index (χ3v) is 5.68. The Morgan fingerprint density at radius 3 is 2.65 bits per heavy atom. The van der Waals surface area contributed by atoms with Gasteiger partial charge in [0, 0.05) is 4.47 Å². The molecule has 1 heterocycles. The molecule has 1 aliphatic rings. The van der Waals surface area contributed by atoms with Crippen LogP contribution in [0.1, 0.15) is 18.1 Å². The number of ether oxygens (including phenoxy) is 1. The van der Waals surface area contributed by atoms with E-state index in [1.54, 1.807) is 6.08 Å². The van der Waals surface area contributed by atoms with Gasteiger partial charge in [0.05, 0.1) is 22.5 Å². The number of amides is 2. The second kappa shape index (κ2) is 8.41. The van der Waals surface area contributed by atoms with E-state index in [2.05, 4.69) is 31.9 Å². The Balaban J connectivity index is 1.80. The summed E-state index contributed by atoms with van der Waals surface area (Å²) in [6, 6.07) is 13.1. The topological polar surface area (TPSA) is 46.6 Å². The van der Waals surface area contributed by atoms with Gasteiger partial charge < -0.3 is 4.74 Å². The summed E-state index contributed by atoms with van der Waals surface area (Å²) >= 11 is 7.82. The molecule has 3 rings (SSSR count). The largest absolute Gasteiger partial charge is 0.493 e. The van der Waals surface area contributed by atoms with Crippen LogP contribution in [0, 0.1) is 0 Å². The van der Waals surface area contributed by atoms with Gasteiger partial charge in [-0.15, -0.1) is 0 Å². The molecular formula is C19H15Br2NO3S. The monoisotopic (exact) mass is 495 g/mol. The number of benzene rings is 2. The average Bonchev–Trinajstić information content (AvgIpc) is 2.85. The number of hydrogen-bond donors (Lipinski definition) is 0. The number of carbonyl (C=O) groups is 2. The molecule has 0 unspecified atom stereocenters. The van der Waals surface area contributed by atoms with E-state index in [9.17, 15) is 9.59 Å². The van der Waals surface area contributed by atoms with Crippen molar-refractivity contribution in [3.8, 4) is 5.75 Å². The maximum atomic E-state index is 12.6. The average molecular weight is 497 g/mol. The van der Waals surface area contributed by atoms with Crippen LogP contribution in [0.3, 0.4) is 0 Å². The molecule has 0 radical (unpaired) electrons. The van der Waals surface area contributed by atoms with Gasteiger partial charge in [0.2, 0.25) is 0 Å². The van der Waals surface area contributed by atoms with E-state index >= 15 is 0 Å². The lowest BCUT2D eigenvalue weighted by molar-refractivity contribution is -0.123. The number of halogens is 2. The van der Waals surface area contributed by atoms with E-state index in [-0.39, 0.29) is 17.7 Å². The summed E-state index contributed by atoms with van der Waals surface area (Å²) in [6.07, 6.45) is 1.73. The summed E-state index contributed by atoms with van der Waals surface area (Å²) in [5.41, 5.74) is 1.72. The smallest absolute Gasteiger partial charge is 0.293 e. The van der Waals surface area contributed by atoms with Gasteiger partial charge >= 0.3 is 0 Å². The van der Waals surface area contributed by atoms with Gasteiger partial charge in [0.1, 0.15) is 5.75 Å². The fraction of sp³-hybridized carbons (Fsp3) is 0.158. The molecule has 0 aromatic heterocycles. The summed E-state index contributed by atoms with van der Waals surface area (Å²) in [5, 5.41) is -0.258. The molecule has 0 saturated carbocycles. The first-order valence-corrected chi connectivity index (χ1v) is 10.3. The number of nitrogens with zero attached hydrogens (tertiary/aromatic N) is 1. The minimum atomic E-state index is -0.273. The normalized spacial score (nSPS) is 15.8. The van der Waals surface area contributed by atoms with Gasteiger partial charge in [-0.1, -0.05) is 34.1 Å². The Morgan fingerprint density at radius 1 is 1.15 bits per heavy atom. The molecular weight excluding hydrogens is 482 g/mol. The van der Waals surface area contributed by atoms with E-state index < -0.39 is 0 Å². The van der Waals surface area contributed by atoms with Gasteiger partial charge in [-0.05, 0) is 76.1 Å². The minimum Gasteiger partial charge on any atom is -0.493 e. The van der Waals surface area contributed by atoms with Crippen LogP contribution in [0.25, 0.3) is 6.08 Å². The number of thioether (sulfide) groups is 1. The van der Waals surface area contributed by atoms with Crippen molar-refractivity contribution in [2.45, 2.75) is 13.5 Å². The minimum absolute atomic E-state index is 0.258.